The molecule has 1 aromatic heterocycles. The highest BCUT2D eigenvalue weighted by atomic mass is 16.4. The molecule has 3 aromatic rings. The Labute approximate surface area is 146 Å². The summed E-state index contributed by atoms with van der Waals surface area (Å²) in [5.41, 5.74) is 2.89. The third-order valence-electron chi connectivity index (χ3n) is 4.64. The summed E-state index contributed by atoms with van der Waals surface area (Å²) in [6, 6.07) is 18.5. The summed E-state index contributed by atoms with van der Waals surface area (Å²) in [6.07, 6.45) is 1.49. The van der Waals surface area contributed by atoms with Crippen LogP contribution in [0.1, 0.15) is 12.0 Å². The van der Waals surface area contributed by atoms with Crippen LogP contribution in [0.2, 0.25) is 0 Å². The van der Waals surface area contributed by atoms with Crippen molar-refractivity contribution in [1.82, 2.24) is 9.88 Å². The van der Waals surface area contributed by atoms with E-state index in [2.05, 4.69) is 22.4 Å². The quantitative estimate of drug-likeness (QED) is 0.751. The van der Waals surface area contributed by atoms with E-state index in [1.54, 1.807) is 0 Å². The van der Waals surface area contributed by atoms with Crippen LogP contribution < -0.4 is 5.32 Å². The van der Waals surface area contributed by atoms with Gasteiger partial charge < -0.3 is 14.6 Å². The van der Waals surface area contributed by atoms with Gasteiger partial charge in [0.05, 0.1) is 0 Å². The number of benzene rings is 2. The van der Waals surface area contributed by atoms with Crippen molar-refractivity contribution in [3.63, 3.8) is 0 Å². The maximum Gasteiger partial charge on any atom is 0.295 e. The molecule has 1 fully saturated rings. The van der Waals surface area contributed by atoms with E-state index >= 15 is 0 Å². The Kier molecular flexibility index (Phi) is 4.37. The van der Waals surface area contributed by atoms with Gasteiger partial charge in [0.15, 0.2) is 5.58 Å². The maximum absolute atomic E-state index is 12.2. The smallest absolute Gasteiger partial charge is 0.295 e. The molecular formula is C20H21N3O2. The fourth-order valence-corrected chi connectivity index (χ4v) is 3.30. The second-order valence-corrected chi connectivity index (χ2v) is 6.51. The Morgan fingerprint density at radius 3 is 2.76 bits per heavy atom. The first-order valence-corrected chi connectivity index (χ1v) is 8.69. The van der Waals surface area contributed by atoms with Crippen LogP contribution >= 0.6 is 0 Å². The van der Waals surface area contributed by atoms with Crippen LogP contribution in [0, 0.1) is 5.92 Å². The number of nitrogens with zero attached hydrogens (tertiary/aromatic N) is 2. The molecule has 1 amide bonds. The van der Waals surface area contributed by atoms with Gasteiger partial charge in [0.1, 0.15) is 5.52 Å². The zero-order valence-electron chi connectivity index (χ0n) is 14.0. The van der Waals surface area contributed by atoms with Crippen molar-refractivity contribution in [2.75, 3.05) is 25.0 Å². The van der Waals surface area contributed by atoms with Gasteiger partial charge in [0.25, 0.3) is 6.01 Å². The molecule has 0 saturated carbocycles. The zero-order valence-corrected chi connectivity index (χ0v) is 14.0. The molecule has 0 aliphatic carbocycles. The predicted molar refractivity (Wildman–Crippen MR) is 97.3 cm³/mol. The van der Waals surface area contributed by atoms with Crippen molar-refractivity contribution in [2.45, 2.75) is 12.8 Å². The van der Waals surface area contributed by atoms with Crippen LogP contribution in [0.25, 0.3) is 11.1 Å². The fraction of sp³-hybridized carbons (Fsp3) is 0.300. The number of hydrogen-bond acceptors (Lipinski definition) is 4. The molecule has 0 spiro atoms. The summed E-state index contributed by atoms with van der Waals surface area (Å²) in [6.45, 7) is 2.27. The third kappa shape index (κ3) is 3.65. The monoisotopic (exact) mass is 335 g/mol. The topological polar surface area (TPSA) is 58.4 Å². The van der Waals surface area contributed by atoms with Crippen LogP contribution in [0.4, 0.5) is 6.01 Å². The SMILES string of the molecule is O=C1CC(CNc2nc3ccccc3o2)CN1CCc1ccccc1. The Balaban J connectivity index is 1.29. The number of anilines is 1. The van der Waals surface area contributed by atoms with E-state index in [0.29, 0.717) is 24.9 Å². The van der Waals surface area contributed by atoms with E-state index in [0.717, 1.165) is 30.6 Å². The normalized spacial score (nSPS) is 17.4. The summed E-state index contributed by atoms with van der Waals surface area (Å²) < 4.78 is 5.67. The van der Waals surface area contributed by atoms with E-state index < -0.39 is 0 Å². The summed E-state index contributed by atoms with van der Waals surface area (Å²) >= 11 is 0. The lowest BCUT2D eigenvalue weighted by atomic mass is 10.1. The lowest BCUT2D eigenvalue weighted by molar-refractivity contribution is -0.127. The number of oxazole rings is 1. The first kappa shape index (κ1) is 15.7. The largest absolute Gasteiger partial charge is 0.424 e. The molecular weight excluding hydrogens is 314 g/mol. The minimum Gasteiger partial charge on any atom is -0.424 e. The minimum atomic E-state index is 0.236. The third-order valence-corrected chi connectivity index (χ3v) is 4.64. The number of aromatic nitrogens is 1. The Hall–Kier alpha value is -2.82. The van der Waals surface area contributed by atoms with Gasteiger partial charge in [-0.05, 0) is 24.1 Å². The van der Waals surface area contributed by atoms with E-state index in [9.17, 15) is 4.79 Å². The molecule has 0 radical (unpaired) electrons. The van der Waals surface area contributed by atoms with Crippen molar-refractivity contribution in [1.29, 1.82) is 0 Å². The predicted octanol–water partition coefficient (Wildman–Crippen LogP) is 3.33. The van der Waals surface area contributed by atoms with Gasteiger partial charge in [-0.1, -0.05) is 42.5 Å². The van der Waals surface area contributed by atoms with E-state index in [4.69, 9.17) is 4.42 Å². The highest BCUT2D eigenvalue weighted by Gasteiger charge is 2.29. The van der Waals surface area contributed by atoms with E-state index in [1.807, 2.05) is 47.4 Å². The van der Waals surface area contributed by atoms with Crippen LogP contribution in [-0.2, 0) is 11.2 Å². The molecule has 0 bridgehead atoms. The maximum atomic E-state index is 12.2. The molecule has 1 unspecified atom stereocenters. The highest BCUT2D eigenvalue weighted by Crippen LogP contribution is 2.21. The number of amides is 1. The van der Waals surface area contributed by atoms with Crippen molar-refractivity contribution in [3.05, 3.63) is 60.2 Å². The van der Waals surface area contributed by atoms with Gasteiger partial charge in [-0.25, -0.2) is 0 Å². The molecule has 1 N–H and O–H groups in total. The standard InChI is InChI=1S/C20H21N3O2/c24-19-12-16(14-23(19)11-10-15-6-2-1-3-7-15)13-21-20-22-17-8-4-5-9-18(17)25-20/h1-9,16H,10-14H2,(H,21,22). The van der Waals surface area contributed by atoms with Gasteiger partial charge >= 0.3 is 0 Å². The number of para-hydroxylation sites is 2. The molecule has 128 valence electrons. The molecule has 1 atom stereocenters. The van der Waals surface area contributed by atoms with Crippen molar-refractivity contribution < 1.29 is 9.21 Å². The van der Waals surface area contributed by atoms with E-state index in [-0.39, 0.29) is 5.91 Å². The number of fused-ring (bicyclic) bond motifs is 1. The van der Waals surface area contributed by atoms with E-state index in [1.165, 1.54) is 5.56 Å². The Morgan fingerprint density at radius 1 is 1.12 bits per heavy atom. The number of hydrogen-bond donors (Lipinski definition) is 1. The molecule has 1 aliphatic rings. The van der Waals surface area contributed by atoms with Crippen LogP contribution in [-0.4, -0.2) is 35.4 Å². The molecule has 1 aliphatic heterocycles. The van der Waals surface area contributed by atoms with Crippen molar-refractivity contribution in [2.24, 2.45) is 5.92 Å². The molecule has 4 rings (SSSR count). The lowest BCUT2D eigenvalue weighted by Crippen LogP contribution is -2.28. The van der Waals surface area contributed by atoms with Crippen LogP contribution in [0.3, 0.4) is 0 Å². The van der Waals surface area contributed by atoms with Gasteiger partial charge in [-0.15, -0.1) is 0 Å². The number of carbonyl (C=O) groups excluding carboxylic acids is 1. The number of rotatable bonds is 6. The number of likely N-dealkylation sites (tertiary alicyclic amines) is 1. The van der Waals surface area contributed by atoms with Crippen molar-refractivity contribution in [3.8, 4) is 0 Å². The summed E-state index contributed by atoms with van der Waals surface area (Å²) in [5, 5.41) is 3.23. The molecule has 1 saturated heterocycles. The van der Waals surface area contributed by atoms with Gasteiger partial charge in [-0.2, -0.15) is 4.98 Å². The van der Waals surface area contributed by atoms with Crippen LogP contribution in [0.5, 0.6) is 0 Å². The molecule has 5 nitrogen and oxygen atoms in total. The van der Waals surface area contributed by atoms with Gasteiger partial charge in [-0.3, -0.25) is 4.79 Å². The van der Waals surface area contributed by atoms with Crippen molar-refractivity contribution >= 4 is 23.0 Å². The average molecular weight is 335 g/mol. The second kappa shape index (κ2) is 6.97. The lowest BCUT2D eigenvalue weighted by Gasteiger charge is -2.16. The number of nitrogens with one attached hydrogen (secondary N) is 1. The summed E-state index contributed by atoms with van der Waals surface area (Å²) in [4.78, 5) is 18.6. The zero-order chi connectivity index (χ0) is 17.1. The Bertz CT molecular complexity index is 827. The molecule has 2 heterocycles. The Morgan fingerprint density at radius 2 is 1.92 bits per heavy atom. The van der Waals surface area contributed by atoms with Gasteiger partial charge in [0, 0.05) is 32.0 Å². The molecule has 25 heavy (non-hydrogen) atoms. The minimum absolute atomic E-state index is 0.236. The number of carbonyl (C=O) groups is 1. The average Bonchev–Trinajstić information content (AvgIpc) is 3.22. The summed E-state index contributed by atoms with van der Waals surface area (Å²) in [5.74, 6) is 0.526. The molecule has 2 aromatic carbocycles. The fourth-order valence-electron chi connectivity index (χ4n) is 3.30. The first-order valence-electron chi connectivity index (χ1n) is 8.69. The summed E-state index contributed by atoms with van der Waals surface area (Å²) in [7, 11) is 0. The second-order valence-electron chi connectivity index (χ2n) is 6.51. The van der Waals surface area contributed by atoms with Crippen LogP contribution in [0.15, 0.2) is 59.0 Å². The highest BCUT2D eigenvalue weighted by molar-refractivity contribution is 5.78. The van der Waals surface area contributed by atoms with Gasteiger partial charge in [0.2, 0.25) is 5.91 Å². The molecule has 5 heteroatoms. The first-order chi connectivity index (χ1) is 12.3.